The standard InChI is InChI=1S/C18H35N5O3/c1-6-20-17(25)11-23-10-14(8-13(23)4)22-16(24)9-21-18(26)15(19-5)7-12(2)3/h12-15,19H,6-11H2,1-5H3,(H,20,25)(H,21,26)(H,22,24)/t13?,14-,15-/m0/s1. The zero-order valence-corrected chi connectivity index (χ0v) is 16.7. The monoisotopic (exact) mass is 369 g/mol. The molecule has 1 unspecified atom stereocenters. The van der Waals surface area contributed by atoms with E-state index in [2.05, 4.69) is 46.9 Å². The predicted octanol–water partition coefficient (Wildman–Crippen LogP) is -0.548. The van der Waals surface area contributed by atoms with Gasteiger partial charge in [-0.2, -0.15) is 0 Å². The Morgan fingerprint density at radius 1 is 1.15 bits per heavy atom. The van der Waals surface area contributed by atoms with Crippen LogP contribution in [0.25, 0.3) is 0 Å². The average molecular weight is 370 g/mol. The molecule has 8 heteroatoms. The van der Waals surface area contributed by atoms with Crippen molar-refractivity contribution in [2.24, 2.45) is 5.92 Å². The molecule has 8 nitrogen and oxygen atoms in total. The van der Waals surface area contributed by atoms with Gasteiger partial charge in [-0.1, -0.05) is 13.8 Å². The van der Waals surface area contributed by atoms with E-state index in [4.69, 9.17) is 0 Å². The summed E-state index contributed by atoms with van der Waals surface area (Å²) in [6.45, 7) is 9.62. The Kier molecular flexibility index (Phi) is 9.58. The summed E-state index contributed by atoms with van der Waals surface area (Å²) >= 11 is 0. The summed E-state index contributed by atoms with van der Waals surface area (Å²) in [6, 6.07) is -0.0568. The first kappa shape index (κ1) is 22.4. The van der Waals surface area contributed by atoms with Gasteiger partial charge in [0.2, 0.25) is 17.7 Å². The van der Waals surface area contributed by atoms with Crippen molar-refractivity contribution in [3.63, 3.8) is 0 Å². The van der Waals surface area contributed by atoms with E-state index in [1.54, 1.807) is 7.05 Å². The van der Waals surface area contributed by atoms with Gasteiger partial charge in [0.1, 0.15) is 0 Å². The van der Waals surface area contributed by atoms with Crippen molar-refractivity contribution < 1.29 is 14.4 Å². The van der Waals surface area contributed by atoms with Gasteiger partial charge in [-0.05, 0) is 39.7 Å². The third-order valence-electron chi connectivity index (χ3n) is 4.58. The first-order chi connectivity index (χ1) is 12.3. The summed E-state index contributed by atoms with van der Waals surface area (Å²) < 4.78 is 0. The van der Waals surface area contributed by atoms with Crippen LogP contribution in [-0.2, 0) is 14.4 Å². The molecule has 1 aliphatic heterocycles. The third kappa shape index (κ3) is 7.70. The Bertz CT molecular complexity index is 483. The van der Waals surface area contributed by atoms with Crippen molar-refractivity contribution >= 4 is 17.7 Å². The summed E-state index contributed by atoms with van der Waals surface area (Å²) in [5.41, 5.74) is 0. The topological polar surface area (TPSA) is 103 Å². The maximum atomic E-state index is 12.1. The molecule has 26 heavy (non-hydrogen) atoms. The number of carbonyl (C=O) groups excluding carboxylic acids is 3. The van der Waals surface area contributed by atoms with Crippen LogP contribution in [0.3, 0.4) is 0 Å². The zero-order valence-electron chi connectivity index (χ0n) is 16.7. The average Bonchev–Trinajstić information content (AvgIpc) is 2.89. The smallest absolute Gasteiger partial charge is 0.239 e. The Hall–Kier alpha value is -1.67. The molecule has 1 aliphatic rings. The second-order valence-electron chi connectivity index (χ2n) is 7.42. The van der Waals surface area contributed by atoms with Crippen molar-refractivity contribution in [2.45, 2.75) is 58.7 Å². The van der Waals surface area contributed by atoms with E-state index in [-0.39, 0.29) is 42.4 Å². The molecule has 0 aromatic carbocycles. The predicted molar refractivity (Wildman–Crippen MR) is 102 cm³/mol. The Morgan fingerprint density at radius 2 is 1.85 bits per heavy atom. The van der Waals surface area contributed by atoms with Gasteiger partial charge in [0.05, 0.1) is 19.1 Å². The minimum atomic E-state index is -0.290. The first-order valence-electron chi connectivity index (χ1n) is 9.51. The van der Waals surface area contributed by atoms with Gasteiger partial charge < -0.3 is 21.3 Å². The molecule has 4 N–H and O–H groups in total. The van der Waals surface area contributed by atoms with E-state index in [0.717, 1.165) is 12.8 Å². The molecule has 0 aromatic heterocycles. The van der Waals surface area contributed by atoms with Crippen molar-refractivity contribution in [3.8, 4) is 0 Å². The van der Waals surface area contributed by atoms with E-state index in [0.29, 0.717) is 25.6 Å². The van der Waals surface area contributed by atoms with Crippen LogP contribution in [0.1, 0.15) is 40.5 Å². The lowest BCUT2D eigenvalue weighted by Crippen LogP contribution is -2.48. The maximum Gasteiger partial charge on any atom is 0.239 e. The van der Waals surface area contributed by atoms with E-state index in [9.17, 15) is 14.4 Å². The number of likely N-dealkylation sites (N-methyl/N-ethyl adjacent to an activating group) is 2. The number of likely N-dealkylation sites (tertiary alicyclic amines) is 1. The lowest BCUT2D eigenvalue weighted by molar-refractivity contribution is -0.127. The van der Waals surface area contributed by atoms with Crippen molar-refractivity contribution in [3.05, 3.63) is 0 Å². The molecule has 1 saturated heterocycles. The molecule has 1 heterocycles. The molecule has 150 valence electrons. The number of amides is 3. The van der Waals surface area contributed by atoms with Gasteiger partial charge in [-0.25, -0.2) is 0 Å². The summed E-state index contributed by atoms with van der Waals surface area (Å²) in [4.78, 5) is 38.1. The maximum absolute atomic E-state index is 12.1. The van der Waals surface area contributed by atoms with Gasteiger partial charge in [-0.15, -0.1) is 0 Å². The van der Waals surface area contributed by atoms with Gasteiger partial charge in [-0.3, -0.25) is 19.3 Å². The highest BCUT2D eigenvalue weighted by molar-refractivity contribution is 5.87. The van der Waals surface area contributed by atoms with E-state index in [1.165, 1.54) is 0 Å². The molecule has 0 radical (unpaired) electrons. The Balaban J connectivity index is 2.37. The molecule has 3 amide bonds. The van der Waals surface area contributed by atoms with E-state index >= 15 is 0 Å². The number of hydrogen-bond acceptors (Lipinski definition) is 5. The quantitative estimate of drug-likeness (QED) is 0.414. The van der Waals surface area contributed by atoms with E-state index < -0.39 is 0 Å². The van der Waals surface area contributed by atoms with Crippen LogP contribution in [-0.4, -0.2) is 74.0 Å². The van der Waals surface area contributed by atoms with Crippen LogP contribution >= 0.6 is 0 Å². The molecule has 0 bridgehead atoms. The van der Waals surface area contributed by atoms with Crippen LogP contribution in [0, 0.1) is 5.92 Å². The lowest BCUT2D eigenvalue weighted by Gasteiger charge is -2.20. The highest BCUT2D eigenvalue weighted by atomic mass is 16.2. The number of nitrogens with zero attached hydrogens (tertiary/aromatic N) is 1. The molecule has 1 rings (SSSR count). The Morgan fingerprint density at radius 3 is 2.42 bits per heavy atom. The summed E-state index contributed by atoms with van der Waals surface area (Å²) in [7, 11) is 1.75. The van der Waals surface area contributed by atoms with Crippen LogP contribution in [0.15, 0.2) is 0 Å². The molecular weight excluding hydrogens is 334 g/mol. The molecule has 0 spiro atoms. The number of hydrogen-bond donors (Lipinski definition) is 4. The number of carbonyl (C=O) groups is 3. The van der Waals surface area contributed by atoms with Crippen molar-refractivity contribution in [2.75, 3.05) is 33.2 Å². The SMILES string of the molecule is CCNC(=O)CN1C[C@@H](NC(=O)CNC(=O)[C@H](CC(C)C)NC)CC1C. The molecular formula is C18H35N5O3. The first-order valence-corrected chi connectivity index (χ1v) is 9.51. The molecule has 0 aromatic rings. The second kappa shape index (κ2) is 11.1. The van der Waals surface area contributed by atoms with Crippen molar-refractivity contribution in [1.29, 1.82) is 0 Å². The van der Waals surface area contributed by atoms with Gasteiger partial charge in [0.25, 0.3) is 0 Å². The molecule has 1 fully saturated rings. The fourth-order valence-corrected chi connectivity index (χ4v) is 3.26. The Labute approximate surface area is 156 Å². The van der Waals surface area contributed by atoms with Crippen LogP contribution < -0.4 is 21.3 Å². The summed E-state index contributed by atoms with van der Waals surface area (Å²) in [5.74, 6) is 0.0357. The van der Waals surface area contributed by atoms with Crippen LogP contribution in [0.2, 0.25) is 0 Å². The van der Waals surface area contributed by atoms with Gasteiger partial charge in [0.15, 0.2) is 0 Å². The highest BCUT2D eigenvalue weighted by Crippen LogP contribution is 2.16. The number of nitrogens with one attached hydrogen (secondary N) is 4. The second-order valence-corrected chi connectivity index (χ2v) is 7.42. The normalized spacial score (nSPS) is 21.5. The minimum Gasteiger partial charge on any atom is -0.355 e. The van der Waals surface area contributed by atoms with Crippen molar-refractivity contribution in [1.82, 2.24) is 26.2 Å². The highest BCUT2D eigenvalue weighted by Gasteiger charge is 2.31. The largest absolute Gasteiger partial charge is 0.355 e. The summed E-state index contributed by atoms with van der Waals surface area (Å²) in [5, 5.41) is 11.4. The van der Waals surface area contributed by atoms with Crippen LogP contribution in [0.4, 0.5) is 0 Å². The van der Waals surface area contributed by atoms with Gasteiger partial charge >= 0.3 is 0 Å². The molecule has 0 aliphatic carbocycles. The molecule has 0 saturated carbocycles. The summed E-state index contributed by atoms with van der Waals surface area (Å²) in [6.07, 6.45) is 1.52. The lowest BCUT2D eigenvalue weighted by atomic mass is 10.0. The molecule has 3 atom stereocenters. The third-order valence-corrected chi connectivity index (χ3v) is 4.58. The fraction of sp³-hybridized carbons (Fsp3) is 0.833. The van der Waals surface area contributed by atoms with Gasteiger partial charge in [0, 0.05) is 25.2 Å². The van der Waals surface area contributed by atoms with Crippen LogP contribution in [0.5, 0.6) is 0 Å². The minimum absolute atomic E-state index is 0.000380. The number of rotatable bonds is 10. The zero-order chi connectivity index (χ0) is 19.7. The fourth-order valence-electron chi connectivity index (χ4n) is 3.26. The van der Waals surface area contributed by atoms with E-state index in [1.807, 2.05) is 6.92 Å².